The number of aromatic hydroxyl groups is 1. The molecule has 2 N–H and O–H groups in total. The lowest BCUT2D eigenvalue weighted by atomic mass is 9.95. The minimum absolute atomic E-state index is 0.0182. The quantitative estimate of drug-likeness (QED) is 0.310. The molecule has 36 heavy (non-hydrogen) atoms. The number of ether oxygens (including phenoxy) is 1. The minimum Gasteiger partial charge on any atom is -0.494 e. The summed E-state index contributed by atoms with van der Waals surface area (Å²) in [7, 11) is 0. The maximum absolute atomic E-state index is 13.2. The zero-order valence-electron chi connectivity index (χ0n) is 19.1. The fourth-order valence-corrected chi connectivity index (χ4v) is 5.10. The molecule has 0 bridgehead atoms. The van der Waals surface area contributed by atoms with E-state index in [0.717, 1.165) is 23.2 Å². The van der Waals surface area contributed by atoms with Gasteiger partial charge in [0.25, 0.3) is 11.5 Å². The average molecular weight is 496 g/mol. The van der Waals surface area contributed by atoms with Crippen LogP contribution in [-0.2, 0) is 17.6 Å². The van der Waals surface area contributed by atoms with Gasteiger partial charge in [0, 0.05) is 18.5 Å². The maximum Gasteiger partial charge on any atom is 0.262 e. The van der Waals surface area contributed by atoms with E-state index in [1.807, 2.05) is 48.5 Å². The molecule has 0 saturated heterocycles. The Hall–Kier alpha value is -4.43. The van der Waals surface area contributed by atoms with Crippen LogP contribution in [0, 0.1) is 4.77 Å². The number of aromatic amines is 1. The third-order valence-corrected chi connectivity index (χ3v) is 6.78. The van der Waals surface area contributed by atoms with Gasteiger partial charge in [0.2, 0.25) is 5.88 Å². The van der Waals surface area contributed by atoms with Gasteiger partial charge in [-0.2, -0.15) is 0 Å². The van der Waals surface area contributed by atoms with Gasteiger partial charge in [0.1, 0.15) is 17.1 Å². The topological polar surface area (TPSA) is 87.6 Å². The lowest BCUT2D eigenvalue weighted by molar-refractivity contribution is -0.115. The summed E-state index contributed by atoms with van der Waals surface area (Å²) in [5.74, 6) is 0.829. The van der Waals surface area contributed by atoms with Gasteiger partial charge in [-0.1, -0.05) is 36.4 Å². The van der Waals surface area contributed by atoms with E-state index in [4.69, 9.17) is 17.0 Å². The molecule has 4 aromatic rings. The summed E-state index contributed by atoms with van der Waals surface area (Å²) in [5, 5.41) is 11.1. The number of benzene rings is 3. The molecule has 178 valence electrons. The molecule has 0 fully saturated rings. The second kappa shape index (κ2) is 8.66. The van der Waals surface area contributed by atoms with Crippen LogP contribution in [0.15, 0.2) is 83.2 Å². The Labute approximate surface area is 211 Å². The molecule has 0 saturated carbocycles. The number of aromatic nitrogens is 2. The number of H-pyrrole nitrogens is 1. The molecule has 7 nitrogen and oxygen atoms in total. The van der Waals surface area contributed by atoms with Crippen LogP contribution in [0.1, 0.15) is 16.7 Å². The first-order chi connectivity index (χ1) is 17.5. The van der Waals surface area contributed by atoms with Gasteiger partial charge in [-0.15, -0.1) is 0 Å². The van der Waals surface area contributed by atoms with Crippen LogP contribution in [0.5, 0.6) is 17.4 Å². The van der Waals surface area contributed by atoms with E-state index in [2.05, 4.69) is 4.98 Å². The summed E-state index contributed by atoms with van der Waals surface area (Å²) in [6, 6.07) is 22.4. The third-order valence-electron chi connectivity index (χ3n) is 6.49. The minimum atomic E-state index is -0.556. The van der Waals surface area contributed by atoms with Gasteiger partial charge < -0.3 is 14.7 Å². The molecule has 3 aromatic carbocycles. The fraction of sp³-hybridized carbons (Fsp3) is 0.107. The van der Waals surface area contributed by atoms with Crippen molar-refractivity contribution in [2.45, 2.75) is 12.8 Å². The Morgan fingerprint density at radius 3 is 2.42 bits per heavy atom. The van der Waals surface area contributed by atoms with Gasteiger partial charge in [-0.05, 0) is 72.2 Å². The summed E-state index contributed by atoms with van der Waals surface area (Å²) in [6.07, 6.45) is 2.67. The summed E-state index contributed by atoms with van der Waals surface area (Å²) in [4.78, 5) is 30.4. The second-order valence-corrected chi connectivity index (χ2v) is 9.11. The average Bonchev–Trinajstić information content (AvgIpc) is 3.32. The van der Waals surface area contributed by atoms with Crippen molar-refractivity contribution in [1.29, 1.82) is 0 Å². The van der Waals surface area contributed by atoms with Gasteiger partial charge in [0.15, 0.2) is 4.77 Å². The summed E-state index contributed by atoms with van der Waals surface area (Å²) >= 11 is 5.35. The number of carbonyl (C=O) groups excluding carboxylic acids is 1. The first-order valence-corrected chi connectivity index (χ1v) is 12.0. The van der Waals surface area contributed by atoms with E-state index in [0.29, 0.717) is 35.7 Å². The number of rotatable bonds is 4. The zero-order valence-corrected chi connectivity index (χ0v) is 19.9. The van der Waals surface area contributed by atoms with Gasteiger partial charge >= 0.3 is 0 Å². The van der Waals surface area contributed by atoms with Gasteiger partial charge in [-0.3, -0.25) is 19.1 Å². The highest BCUT2D eigenvalue weighted by Gasteiger charge is 2.34. The number of para-hydroxylation sites is 2. The summed E-state index contributed by atoms with van der Waals surface area (Å²) < 4.78 is 7.24. The first kappa shape index (κ1) is 22.1. The monoisotopic (exact) mass is 495 g/mol. The van der Waals surface area contributed by atoms with Crippen LogP contribution >= 0.6 is 12.2 Å². The van der Waals surface area contributed by atoms with E-state index >= 15 is 0 Å². The molecular weight excluding hydrogens is 474 g/mol. The molecule has 2 aliphatic heterocycles. The number of amides is 1. The van der Waals surface area contributed by atoms with Crippen LogP contribution < -0.4 is 15.2 Å². The molecule has 8 heteroatoms. The molecule has 2 aliphatic rings. The maximum atomic E-state index is 13.2. The highest BCUT2D eigenvalue weighted by Crippen LogP contribution is 2.38. The number of anilines is 1. The molecule has 3 heterocycles. The number of hydrogen-bond donors (Lipinski definition) is 2. The predicted octanol–water partition coefficient (Wildman–Crippen LogP) is 4.92. The zero-order chi connectivity index (χ0) is 24.8. The molecule has 0 unspecified atom stereocenters. The van der Waals surface area contributed by atoms with E-state index in [9.17, 15) is 14.7 Å². The number of nitrogens with one attached hydrogen (secondary N) is 1. The van der Waals surface area contributed by atoms with Crippen LogP contribution in [0.2, 0.25) is 0 Å². The highest BCUT2D eigenvalue weighted by atomic mass is 32.1. The van der Waals surface area contributed by atoms with E-state index < -0.39 is 5.56 Å². The van der Waals surface area contributed by atoms with Crippen molar-refractivity contribution in [3.8, 4) is 23.1 Å². The standard InChI is InChI=1S/C28H21N3O4S/c32-25-23(16-19-15-18-6-4-5-17-13-14-30(24(17)18)26(19)33)27(34)31(28(36)29-25)20-9-11-22(12-10-20)35-21-7-2-1-3-8-21/h1-12,16,34H,13-15H2,(H,29,32,36). The Balaban J connectivity index is 1.37. The van der Waals surface area contributed by atoms with E-state index in [1.165, 1.54) is 10.6 Å². The van der Waals surface area contributed by atoms with Crippen molar-refractivity contribution in [3.05, 3.63) is 110 Å². The molecule has 6 rings (SSSR count). The van der Waals surface area contributed by atoms with Crippen molar-refractivity contribution in [3.63, 3.8) is 0 Å². The second-order valence-electron chi connectivity index (χ2n) is 8.72. The lowest BCUT2D eigenvalue weighted by Gasteiger charge is -2.27. The van der Waals surface area contributed by atoms with Crippen molar-refractivity contribution in [2.75, 3.05) is 11.4 Å². The molecule has 0 radical (unpaired) electrons. The number of carbonyl (C=O) groups is 1. The van der Waals surface area contributed by atoms with Gasteiger partial charge in [0.05, 0.1) is 11.4 Å². The molecule has 0 atom stereocenters. The first-order valence-electron chi connectivity index (χ1n) is 11.5. The summed E-state index contributed by atoms with van der Waals surface area (Å²) in [5.41, 5.74) is 3.58. The molecule has 1 amide bonds. The molecule has 0 aliphatic carbocycles. The van der Waals surface area contributed by atoms with E-state index in [1.54, 1.807) is 29.2 Å². The highest BCUT2D eigenvalue weighted by molar-refractivity contribution is 7.71. The van der Waals surface area contributed by atoms with E-state index in [-0.39, 0.29) is 22.1 Å². The molecule has 1 aromatic heterocycles. The third kappa shape index (κ3) is 3.72. The largest absolute Gasteiger partial charge is 0.494 e. The Morgan fingerprint density at radius 2 is 1.64 bits per heavy atom. The van der Waals surface area contributed by atoms with Crippen LogP contribution in [0.4, 0.5) is 5.69 Å². The Bertz CT molecular complexity index is 1650. The van der Waals surface area contributed by atoms with Crippen molar-refractivity contribution in [1.82, 2.24) is 9.55 Å². The number of nitrogens with zero attached hydrogens (tertiary/aromatic N) is 2. The Kier molecular flexibility index (Phi) is 5.30. The van der Waals surface area contributed by atoms with Crippen molar-refractivity contribution >= 4 is 29.9 Å². The normalized spacial score (nSPS) is 15.3. The SMILES string of the molecule is O=C1C(=Cc2c(O)n(-c3ccc(Oc4ccccc4)cc3)c(=S)[nH]c2=O)Cc2cccc3c2N1CC3. The van der Waals surface area contributed by atoms with Crippen molar-refractivity contribution < 1.29 is 14.6 Å². The molecule has 0 spiro atoms. The molecular formula is C28H21N3O4S. The predicted molar refractivity (Wildman–Crippen MR) is 140 cm³/mol. The number of hydrogen-bond acceptors (Lipinski definition) is 5. The smallest absolute Gasteiger partial charge is 0.262 e. The summed E-state index contributed by atoms with van der Waals surface area (Å²) in [6.45, 7) is 0.605. The van der Waals surface area contributed by atoms with Crippen LogP contribution in [-0.4, -0.2) is 27.1 Å². The van der Waals surface area contributed by atoms with Crippen molar-refractivity contribution in [2.24, 2.45) is 0 Å². The van der Waals surface area contributed by atoms with Crippen LogP contribution in [0.3, 0.4) is 0 Å². The van der Waals surface area contributed by atoms with Gasteiger partial charge in [-0.25, -0.2) is 0 Å². The Morgan fingerprint density at radius 1 is 0.917 bits per heavy atom. The lowest BCUT2D eigenvalue weighted by Crippen LogP contribution is -2.35. The van der Waals surface area contributed by atoms with Crippen LogP contribution in [0.25, 0.3) is 11.8 Å². The fourth-order valence-electron chi connectivity index (χ4n) is 4.82.